The molecule has 0 aliphatic carbocycles. The third kappa shape index (κ3) is 8.93. The van der Waals surface area contributed by atoms with Gasteiger partial charge in [0.05, 0.1) is 0 Å². The van der Waals surface area contributed by atoms with Crippen LogP contribution in [-0.4, -0.2) is 29.3 Å². The van der Waals surface area contributed by atoms with Crippen LogP contribution < -0.4 is 0 Å². The van der Waals surface area contributed by atoms with E-state index in [-0.39, 0.29) is 0 Å². The summed E-state index contributed by atoms with van der Waals surface area (Å²) in [5.41, 5.74) is 6.85. The number of aromatic nitrogens is 6. The van der Waals surface area contributed by atoms with Crippen LogP contribution in [0.3, 0.4) is 0 Å². The van der Waals surface area contributed by atoms with Crippen LogP contribution in [0.1, 0.15) is 153 Å². The Morgan fingerprint density at radius 1 is 0.488 bits per heavy atom. The van der Waals surface area contributed by atoms with Crippen LogP contribution in [0.2, 0.25) is 0 Å². The Balaban J connectivity index is 2.44. The number of nitrogens with zero attached hydrogens (tertiary/aromatic N) is 6. The number of unbranched alkanes of at least 4 members (excludes halogenated alkanes) is 6. The summed E-state index contributed by atoms with van der Waals surface area (Å²) in [6.45, 7) is 13.5. The summed E-state index contributed by atoms with van der Waals surface area (Å²) in [5, 5.41) is 16.2. The summed E-state index contributed by atoms with van der Waals surface area (Å²) in [6, 6.07) is 6.92. The fraction of sp³-hybridized carbons (Fsp3) is 0.735. The van der Waals surface area contributed by atoms with Crippen molar-refractivity contribution in [1.82, 2.24) is 29.3 Å². The van der Waals surface area contributed by atoms with Crippen molar-refractivity contribution in [3.8, 4) is 0 Å². The van der Waals surface area contributed by atoms with Gasteiger partial charge in [0.2, 0.25) is 0 Å². The fourth-order valence-electron chi connectivity index (χ4n) is 5.66. The van der Waals surface area contributed by atoms with Crippen LogP contribution in [0.4, 0.5) is 0 Å². The molecule has 0 fully saturated rings. The fourth-order valence-corrected chi connectivity index (χ4v) is 8.41. The molecule has 9 heteroatoms. The summed E-state index contributed by atoms with van der Waals surface area (Å²) in [7, 11) is 14.9. The van der Waals surface area contributed by atoms with Gasteiger partial charge in [-0.3, -0.25) is 0 Å². The standard InChI is InChI=1S/C34H57N6.2ClH.Mn/c1-7-13-19-28-25-31(22-16-10-4)38(35-28)34(39-32(23-17-11-5)26-29(36-39)20-14-8-2)40-33(24-18-12-6)27-30(37-40)21-15-9-3;;;/h25-27H,7-24H2,1-6H3;2*1H;/q;;;+2/p-2. The van der Waals surface area contributed by atoms with Gasteiger partial charge in [-0.15, -0.1) is 0 Å². The Morgan fingerprint density at radius 2 is 0.744 bits per heavy atom. The molecular formula is C34H57Cl2MnN6. The maximum absolute atomic E-state index is 7.45. The molecule has 3 rings (SSSR count). The van der Waals surface area contributed by atoms with Crippen LogP contribution in [0, 0.1) is 0 Å². The van der Waals surface area contributed by atoms with E-state index in [1.54, 1.807) is 0 Å². The van der Waals surface area contributed by atoms with Crippen molar-refractivity contribution in [2.24, 2.45) is 0 Å². The molecule has 3 aromatic heterocycles. The van der Waals surface area contributed by atoms with E-state index in [2.05, 4.69) is 73.8 Å². The normalized spacial score (nSPS) is 12.4. The Morgan fingerprint density at radius 3 is 0.977 bits per heavy atom. The van der Waals surface area contributed by atoms with E-state index in [0.29, 0.717) is 0 Å². The van der Waals surface area contributed by atoms with E-state index < -0.39 is 16.8 Å². The van der Waals surface area contributed by atoms with Gasteiger partial charge in [-0.05, 0) is 0 Å². The first-order valence-electron chi connectivity index (χ1n) is 17.2. The van der Waals surface area contributed by atoms with E-state index in [0.717, 1.165) is 133 Å². The third-order valence-electron chi connectivity index (χ3n) is 8.22. The zero-order chi connectivity index (χ0) is 31.2. The number of aryl methyl sites for hydroxylation is 6. The zero-order valence-corrected chi connectivity index (χ0v) is 30.5. The number of hydrogen-bond acceptors (Lipinski definition) is 3. The van der Waals surface area contributed by atoms with E-state index in [1.807, 2.05) is 0 Å². The van der Waals surface area contributed by atoms with Crippen LogP contribution in [0.25, 0.3) is 0 Å². The quantitative estimate of drug-likeness (QED) is 0.0997. The second-order valence-corrected chi connectivity index (χ2v) is 16.4. The Labute approximate surface area is 274 Å². The maximum atomic E-state index is 7.45. The van der Waals surface area contributed by atoms with Crippen molar-refractivity contribution >= 4 is 20.2 Å². The molecule has 0 atom stereocenters. The van der Waals surface area contributed by atoms with Gasteiger partial charge in [-0.2, -0.15) is 0 Å². The van der Waals surface area contributed by atoms with Crippen LogP contribution in [-0.2, 0) is 55.3 Å². The number of hydrogen-bond donors (Lipinski definition) is 0. The molecular weight excluding hydrogens is 618 g/mol. The monoisotopic (exact) mass is 674 g/mol. The Kier molecular flexibility index (Phi) is 15.7. The van der Waals surface area contributed by atoms with Crippen molar-refractivity contribution in [2.75, 3.05) is 0 Å². The van der Waals surface area contributed by atoms with E-state index in [4.69, 9.17) is 35.5 Å². The topological polar surface area (TPSA) is 53.5 Å². The summed E-state index contributed by atoms with van der Waals surface area (Å²) in [6.07, 6.45) is 18.8. The molecule has 0 spiro atoms. The minimum absolute atomic E-state index is 0.920. The molecule has 3 heterocycles. The van der Waals surface area contributed by atoms with Gasteiger partial charge >= 0.3 is 276 Å². The molecule has 43 heavy (non-hydrogen) atoms. The zero-order valence-electron chi connectivity index (χ0n) is 27.8. The number of rotatable bonds is 22. The summed E-state index contributed by atoms with van der Waals surface area (Å²) >= 11 is -2.23. The van der Waals surface area contributed by atoms with Crippen LogP contribution >= 0.6 is 20.2 Å². The molecule has 0 saturated heterocycles. The average molecular weight is 676 g/mol. The first-order valence-corrected chi connectivity index (χ1v) is 21.0. The minimum atomic E-state index is -2.23. The summed E-state index contributed by atoms with van der Waals surface area (Å²) < 4.78 is 5.49. The molecule has 0 bridgehead atoms. The predicted octanol–water partition coefficient (Wildman–Crippen LogP) is 9.92. The van der Waals surface area contributed by atoms with Crippen LogP contribution in [0.5, 0.6) is 0 Å². The van der Waals surface area contributed by atoms with Crippen molar-refractivity contribution in [1.29, 1.82) is 0 Å². The second kappa shape index (κ2) is 18.6. The molecule has 244 valence electrons. The molecule has 0 unspecified atom stereocenters. The molecule has 0 aromatic carbocycles. The molecule has 0 saturated carbocycles. The summed E-state index contributed by atoms with van der Waals surface area (Å²) in [4.78, 5) is 0. The molecule has 0 aliphatic heterocycles. The molecule has 0 aliphatic rings. The van der Waals surface area contributed by atoms with Gasteiger partial charge < -0.3 is 0 Å². The van der Waals surface area contributed by atoms with E-state index in [9.17, 15) is 0 Å². The first kappa shape index (κ1) is 36.2. The summed E-state index contributed by atoms with van der Waals surface area (Å²) in [5.74, 6) is 0. The third-order valence-corrected chi connectivity index (χ3v) is 11.1. The molecule has 0 amide bonds. The average Bonchev–Trinajstić information content (AvgIpc) is 3.73. The van der Waals surface area contributed by atoms with Crippen LogP contribution in [0.15, 0.2) is 18.2 Å². The van der Waals surface area contributed by atoms with Crippen molar-refractivity contribution in [2.45, 2.75) is 162 Å². The molecule has 0 radical (unpaired) electrons. The van der Waals surface area contributed by atoms with Gasteiger partial charge in [-0.25, -0.2) is 0 Å². The molecule has 3 aromatic rings. The van der Waals surface area contributed by atoms with E-state index >= 15 is 0 Å². The Bertz CT molecular complexity index is 1070. The second-order valence-electron chi connectivity index (χ2n) is 12.0. The van der Waals surface area contributed by atoms with Crippen molar-refractivity contribution < 1.29 is 12.1 Å². The van der Waals surface area contributed by atoms with Crippen molar-refractivity contribution in [3.05, 3.63) is 52.4 Å². The van der Waals surface area contributed by atoms with Gasteiger partial charge in [0.25, 0.3) is 0 Å². The predicted molar refractivity (Wildman–Crippen MR) is 179 cm³/mol. The number of halogens is 2. The van der Waals surface area contributed by atoms with Crippen molar-refractivity contribution in [3.63, 3.8) is 0 Å². The van der Waals surface area contributed by atoms with Gasteiger partial charge in [-0.1, -0.05) is 0 Å². The SMILES string of the molecule is CCCCc1cc(CCCC)n([C](n2nc(CCCC)cc2CCCC)(n2nc(CCCC)cc2CCCC)[Mn]([Cl])[Cl])n1. The van der Waals surface area contributed by atoms with Gasteiger partial charge in [0.15, 0.2) is 0 Å². The van der Waals surface area contributed by atoms with Gasteiger partial charge in [0.1, 0.15) is 0 Å². The molecule has 6 nitrogen and oxygen atoms in total. The Hall–Kier alpha value is -1.27. The van der Waals surface area contributed by atoms with Gasteiger partial charge in [0, 0.05) is 0 Å². The molecule has 0 N–H and O–H groups in total. The first-order chi connectivity index (χ1) is 20.9. The van der Waals surface area contributed by atoms with E-state index in [1.165, 1.54) is 17.1 Å².